The Morgan fingerprint density at radius 1 is 1.21 bits per heavy atom. The van der Waals surface area contributed by atoms with Crippen LogP contribution < -0.4 is 5.32 Å². The SMILES string of the molecule is Cc1ccc(F)c2cc(C(=O)Nc3cccc(-c4nnc(C5CC5)o4)c3)[nH]c12. The number of carbonyl (C=O) groups is 1. The van der Waals surface area contributed by atoms with Crippen LogP contribution in [0.25, 0.3) is 22.4 Å². The fourth-order valence-corrected chi connectivity index (χ4v) is 3.22. The van der Waals surface area contributed by atoms with E-state index in [4.69, 9.17) is 4.42 Å². The quantitative estimate of drug-likeness (QED) is 0.536. The van der Waals surface area contributed by atoms with Crippen molar-refractivity contribution < 1.29 is 13.6 Å². The predicted molar refractivity (Wildman–Crippen MR) is 103 cm³/mol. The van der Waals surface area contributed by atoms with Crippen molar-refractivity contribution in [3.8, 4) is 11.5 Å². The Hall–Kier alpha value is -3.48. The van der Waals surface area contributed by atoms with Crippen molar-refractivity contribution >= 4 is 22.5 Å². The van der Waals surface area contributed by atoms with Gasteiger partial charge < -0.3 is 14.7 Å². The number of hydrogen-bond acceptors (Lipinski definition) is 4. The highest BCUT2D eigenvalue weighted by molar-refractivity contribution is 6.06. The van der Waals surface area contributed by atoms with Crippen molar-refractivity contribution in [2.75, 3.05) is 5.32 Å². The van der Waals surface area contributed by atoms with E-state index < -0.39 is 0 Å². The van der Waals surface area contributed by atoms with Gasteiger partial charge in [0.05, 0.1) is 5.52 Å². The van der Waals surface area contributed by atoms with Crippen molar-refractivity contribution in [3.63, 3.8) is 0 Å². The molecule has 0 aliphatic heterocycles. The Balaban J connectivity index is 1.40. The van der Waals surface area contributed by atoms with E-state index in [0.29, 0.717) is 40.0 Å². The molecule has 1 aliphatic carbocycles. The Kier molecular flexibility index (Phi) is 3.75. The largest absolute Gasteiger partial charge is 0.420 e. The Labute approximate surface area is 159 Å². The zero-order valence-corrected chi connectivity index (χ0v) is 15.1. The summed E-state index contributed by atoms with van der Waals surface area (Å²) in [6, 6.07) is 11.8. The van der Waals surface area contributed by atoms with Crippen LogP contribution in [0, 0.1) is 12.7 Å². The van der Waals surface area contributed by atoms with E-state index in [1.165, 1.54) is 12.1 Å². The first-order valence-corrected chi connectivity index (χ1v) is 9.11. The van der Waals surface area contributed by atoms with Crippen LogP contribution in [-0.4, -0.2) is 21.1 Å². The number of aromatic nitrogens is 3. The van der Waals surface area contributed by atoms with Gasteiger partial charge in [0, 0.05) is 22.6 Å². The number of nitrogens with one attached hydrogen (secondary N) is 2. The molecule has 0 radical (unpaired) electrons. The van der Waals surface area contributed by atoms with E-state index in [9.17, 15) is 9.18 Å². The summed E-state index contributed by atoms with van der Waals surface area (Å²) >= 11 is 0. The fourth-order valence-electron chi connectivity index (χ4n) is 3.22. The molecular weight excluding hydrogens is 359 g/mol. The van der Waals surface area contributed by atoms with Crippen molar-refractivity contribution in [1.82, 2.24) is 15.2 Å². The Morgan fingerprint density at radius 3 is 2.86 bits per heavy atom. The second-order valence-corrected chi connectivity index (χ2v) is 7.09. The molecule has 2 heterocycles. The highest BCUT2D eigenvalue weighted by Crippen LogP contribution is 2.40. The maximum atomic E-state index is 14.0. The van der Waals surface area contributed by atoms with E-state index in [-0.39, 0.29) is 11.7 Å². The number of nitrogens with zero attached hydrogens (tertiary/aromatic N) is 2. The second-order valence-electron chi connectivity index (χ2n) is 7.09. The molecule has 0 unspecified atom stereocenters. The van der Waals surface area contributed by atoms with E-state index in [2.05, 4.69) is 20.5 Å². The summed E-state index contributed by atoms with van der Waals surface area (Å²) in [5, 5.41) is 11.4. The number of carbonyl (C=O) groups excluding carboxylic acids is 1. The number of fused-ring (bicyclic) bond motifs is 1. The van der Waals surface area contributed by atoms with Crippen molar-refractivity contribution in [3.05, 3.63) is 65.4 Å². The lowest BCUT2D eigenvalue weighted by Crippen LogP contribution is -2.12. The van der Waals surface area contributed by atoms with Crippen molar-refractivity contribution in [2.24, 2.45) is 0 Å². The van der Waals surface area contributed by atoms with Gasteiger partial charge in [-0.15, -0.1) is 10.2 Å². The summed E-state index contributed by atoms with van der Waals surface area (Å²) in [4.78, 5) is 15.6. The third-order valence-electron chi connectivity index (χ3n) is 4.93. The average molecular weight is 376 g/mol. The third-order valence-corrected chi connectivity index (χ3v) is 4.93. The molecule has 28 heavy (non-hydrogen) atoms. The van der Waals surface area contributed by atoms with E-state index in [0.717, 1.165) is 24.0 Å². The maximum absolute atomic E-state index is 14.0. The molecule has 2 N–H and O–H groups in total. The number of amides is 1. The minimum absolute atomic E-state index is 0.294. The lowest BCUT2D eigenvalue weighted by atomic mass is 10.1. The second kappa shape index (κ2) is 6.30. The van der Waals surface area contributed by atoms with Gasteiger partial charge in [-0.1, -0.05) is 12.1 Å². The van der Waals surface area contributed by atoms with Gasteiger partial charge in [0.1, 0.15) is 11.5 Å². The third kappa shape index (κ3) is 2.94. The van der Waals surface area contributed by atoms with Gasteiger partial charge in [-0.25, -0.2) is 4.39 Å². The van der Waals surface area contributed by atoms with E-state index >= 15 is 0 Å². The number of benzene rings is 2. The van der Waals surface area contributed by atoms with Crippen LogP contribution in [0.1, 0.15) is 40.7 Å². The summed E-state index contributed by atoms with van der Waals surface area (Å²) in [6.45, 7) is 1.86. The van der Waals surface area contributed by atoms with Gasteiger partial charge in [-0.3, -0.25) is 4.79 Å². The van der Waals surface area contributed by atoms with Gasteiger partial charge in [0.25, 0.3) is 5.91 Å². The van der Waals surface area contributed by atoms with Crippen LogP contribution in [0.2, 0.25) is 0 Å². The molecule has 7 heteroatoms. The van der Waals surface area contributed by atoms with Gasteiger partial charge >= 0.3 is 0 Å². The van der Waals surface area contributed by atoms with Gasteiger partial charge in [0.15, 0.2) is 0 Å². The standard InChI is InChI=1S/C21H17FN4O2/c1-11-5-8-16(22)15-10-17(24-18(11)15)19(27)23-14-4-2-3-13(9-14)21-26-25-20(28-21)12-6-7-12/h2-5,8-10,12,24H,6-7H2,1H3,(H,23,27). The molecule has 2 aromatic heterocycles. The summed E-state index contributed by atoms with van der Waals surface area (Å²) in [5.41, 5.74) is 3.11. The highest BCUT2D eigenvalue weighted by Gasteiger charge is 2.29. The molecule has 6 nitrogen and oxygen atoms in total. The molecule has 0 saturated heterocycles. The summed E-state index contributed by atoms with van der Waals surface area (Å²) < 4.78 is 19.7. The zero-order chi connectivity index (χ0) is 19.3. The molecule has 1 fully saturated rings. The number of aryl methyl sites for hydroxylation is 1. The smallest absolute Gasteiger partial charge is 0.272 e. The first-order valence-electron chi connectivity index (χ1n) is 9.11. The van der Waals surface area contributed by atoms with Crippen LogP contribution in [0.15, 0.2) is 46.9 Å². The van der Waals surface area contributed by atoms with Gasteiger partial charge in [0.2, 0.25) is 11.8 Å². The number of halogens is 1. The summed E-state index contributed by atoms with van der Waals surface area (Å²) in [5.74, 6) is 0.772. The van der Waals surface area contributed by atoms with Gasteiger partial charge in [-0.05, 0) is 55.7 Å². The molecule has 0 spiro atoms. The molecule has 2 aromatic carbocycles. The molecule has 0 bridgehead atoms. The Bertz CT molecular complexity index is 1170. The number of aromatic amines is 1. The summed E-state index contributed by atoms with van der Waals surface area (Å²) in [7, 11) is 0. The lowest BCUT2D eigenvalue weighted by molar-refractivity contribution is 0.102. The summed E-state index contributed by atoms with van der Waals surface area (Å²) in [6.07, 6.45) is 2.17. The minimum atomic E-state index is -0.360. The molecular formula is C21H17FN4O2. The zero-order valence-electron chi connectivity index (χ0n) is 15.1. The first-order chi connectivity index (χ1) is 13.6. The molecule has 1 saturated carbocycles. The lowest BCUT2D eigenvalue weighted by Gasteiger charge is -2.05. The molecule has 0 atom stereocenters. The monoisotopic (exact) mass is 376 g/mol. The topological polar surface area (TPSA) is 83.8 Å². The van der Waals surface area contributed by atoms with Crippen LogP contribution in [-0.2, 0) is 0 Å². The average Bonchev–Trinajstić information content (AvgIpc) is 3.24. The molecule has 140 valence electrons. The van der Waals surface area contributed by atoms with E-state index in [1.54, 1.807) is 24.3 Å². The van der Waals surface area contributed by atoms with Crippen LogP contribution in [0.3, 0.4) is 0 Å². The molecule has 5 rings (SSSR count). The normalized spacial score (nSPS) is 13.8. The number of rotatable bonds is 4. The van der Waals surface area contributed by atoms with Crippen molar-refractivity contribution in [1.29, 1.82) is 0 Å². The van der Waals surface area contributed by atoms with Crippen LogP contribution in [0.5, 0.6) is 0 Å². The molecule has 1 amide bonds. The first kappa shape index (κ1) is 16.7. The highest BCUT2D eigenvalue weighted by atomic mass is 19.1. The van der Waals surface area contributed by atoms with Crippen LogP contribution >= 0.6 is 0 Å². The van der Waals surface area contributed by atoms with Crippen molar-refractivity contribution in [2.45, 2.75) is 25.7 Å². The predicted octanol–water partition coefficient (Wildman–Crippen LogP) is 4.80. The van der Waals surface area contributed by atoms with Gasteiger partial charge in [-0.2, -0.15) is 0 Å². The fraction of sp³-hybridized carbons (Fsp3) is 0.190. The Morgan fingerprint density at radius 2 is 2.07 bits per heavy atom. The minimum Gasteiger partial charge on any atom is -0.420 e. The number of anilines is 1. The van der Waals surface area contributed by atoms with E-state index in [1.807, 2.05) is 13.0 Å². The number of H-pyrrole nitrogens is 1. The van der Waals surface area contributed by atoms with Crippen LogP contribution in [0.4, 0.5) is 10.1 Å². The number of hydrogen-bond donors (Lipinski definition) is 2. The molecule has 4 aromatic rings. The molecule has 1 aliphatic rings. The maximum Gasteiger partial charge on any atom is 0.272 e.